The van der Waals surface area contributed by atoms with Gasteiger partial charge in [-0.1, -0.05) is 42.5 Å². The monoisotopic (exact) mass is 340 g/mol. The van der Waals surface area contributed by atoms with Gasteiger partial charge < -0.3 is 10.2 Å². The molecule has 0 fully saturated rings. The summed E-state index contributed by atoms with van der Waals surface area (Å²) in [6, 6.07) is 15.7. The van der Waals surface area contributed by atoms with Gasteiger partial charge in [0.05, 0.1) is 0 Å². The zero-order valence-electron chi connectivity index (χ0n) is 14.1. The summed E-state index contributed by atoms with van der Waals surface area (Å²) in [6.07, 6.45) is 3.01. The van der Waals surface area contributed by atoms with Crippen molar-refractivity contribution in [3.63, 3.8) is 0 Å². The quantitative estimate of drug-likeness (QED) is 0.788. The average Bonchev–Trinajstić information content (AvgIpc) is 2.59. The lowest BCUT2D eigenvalue weighted by Crippen LogP contribution is -2.36. The van der Waals surface area contributed by atoms with Crippen LogP contribution in [0.4, 0.5) is 4.39 Å². The number of benzene rings is 2. The van der Waals surface area contributed by atoms with Crippen LogP contribution in [0.15, 0.2) is 60.7 Å². The molecule has 2 aromatic carbocycles. The number of nitrogens with one attached hydrogen (secondary N) is 1. The van der Waals surface area contributed by atoms with Gasteiger partial charge >= 0.3 is 0 Å². The number of carbonyl (C=O) groups excluding carboxylic acids is 2. The van der Waals surface area contributed by atoms with Crippen LogP contribution in [0.1, 0.15) is 18.1 Å². The van der Waals surface area contributed by atoms with Gasteiger partial charge in [0, 0.05) is 32.6 Å². The van der Waals surface area contributed by atoms with Gasteiger partial charge in [-0.2, -0.15) is 0 Å². The van der Waals surface area contributed by atoms with Crippen molar-refractivity contribution in [3.05, 3.63) is 77.6 Å². The maximum absolute atomic E-state index is 13.2. The fourth-order valence-electron chi connectivity index (χ4n) is 2.32. The predicted octanol–water partition coefficient (Wildman–Crippen LogP) is 3.00. The fraction of sp³-hybridized carbons (Fsp3) is 0.200. The van der Waals surface area contributed by atoms with Crippen LogP contribution in [0, 0.1) is 5.82 Å². The van der Waals surface area contributed by atoms with Crippen molar-refractivity contribution in [3.8, 4) is 0 Å². The molecule has 5 heteroatoms. The van der Waals surface area contributed by atoms with E-state index in [-0.39, 0.29) is 17.6 Å². The molecule has 0 aliphatic rings. The van der Waals surface area contributed by atoms with Crippen molar-refractivity contribution in [2.45, 2.75) is 13.5 Å². The maximum Gasteiger partial charge on any atom is 0.246 e. The van der Waals surface area contributed by atoms with Crippen molar-refractivity contribution >= 4 is 17.9 Å². The zero-order chi connectivity index (χ0) is 18.1. The Hall–Kier alpha value is -2.95. The number of rotatable bonds is 7. The Labute approximate surface area is 147 Å². The van der Waals surface area contributed by atoms with E-state index in [1.54, 1.807) is 23.1 Å². The second-order valence-corrected chi connectivity index (χ2v) is 5.62. The summed E-state index contributed by atoms with van der Waals surface area (Å²) in [5.74, 6) is -0.678. The van der Waals surface area contributed by atoms with Gasteiger partial charge in [-0.3, -0.25) is 9.59 Å². The maximum atomic E-state index is 13.2. The zero-order valence-corrected chi connectivity index (χ0v) is 14.1. The summed E-state index contributed by atoms with van der Waals surface area (Å²) < 4.78 is 13.2. The number of amides is 2. The van der Waals surface area contributed by atoms with E-state index >= 15 is 0 Å². The summed E-state index contributed by atoms with van der Waals surface area (Å²) in [7, 11) is 0. The third kappa shape index (κ3) is 6.59. The lowest BCUT2D eigenvalue weighted by atomic mass is 10.2. The molecule has 0 aliphatic carbocycles. The first-order valence-electron chi connectivity index (χ1n) is 8.05. The van der Waals surface area contributed by atoms with E-state index in [2.05, 4.69) is 5.32 Å². The van der Waals surface area contributed by atoms with E-state index in [0.29, 0.717) is 25.2 Å². The highest BCUT2D eigenvalue weighted by atomic mass is 19.1. The Kier molecular flexibility index (Phi) is 6.89. The van der Waals surface area contributed by atoms with Gasteiger partial charge in [0.15, 0.2) is 0 Å². The van der Waals surface area contributed by atoms with Gasteiger partial charge in [0.1, 0.15) is 5.82 Å². The summed E-state index contributed by atoms with van der Waals surface area (Å²) in [6.45, 7) is 2.64. The van der Waals surface area contributed by atoms with Crippen LogP contribution in [0.25, 0.3) is 6.08 Å². The average molecular weight is 340 g/mol. The van der Waals surface area contributed by atoms with Crippen molar-refractivity contribution < 1.29 is 14.0 Å². The number of hydrogen-bond acceptors (Lipinski definition) is 2. The third-order valence-electron chi connectivity index (χ3n) is 3.55. The molecule has 2 aromatic rings. The fourth-order valence-corrected chi connectivity index (χ4v) is 2.32. The van der Waals surface area contributed by atoms with Crippen LogP contribution in [0.3, 0.4) is 0 Å². The SMILES string of the molecule is CC(=O)NCCN(Cc1ccccc1)C(=O)/C=C/c1cccc(F)c1. The van der Waals surface area contributed by atoms with E-state index in [9.17, 15) is 14.0 Å². The largest absolute Gasteiger partial charge is 0.355 e. The molecule has 4 nitrogen and oxygen atoms in total. The molecule has 1 N–H and O–H groups in total. The summed E-state index contributed by atoms with van der Waals surface area (Å²) in [4.78, 5) is 25.2. The van der Waals surface area contributed by atoms with Crippen LogP contribution in [-0.4, -0.2) is 29.8 Å². The Balaban J connectivity index is 2.06. The third-order valence-corrected chi connectivity index (χ3v) is 3.55. The molecule has 0 heterocycles. The minimum atomic E-state index is -0.346. The number of nitrogens with zero attached hydrogens (tertiary/aromatic N) is 1. The molecule has 0 atom stereocenters. The van der Waals surface area contributed by atoms with Gasteiger partial charge in [0.2, 0.25) is 11.8 Å². The normalized spacial score (nSPS) is 10.6. The molecular weight excluding hydrogens is 319 g/mol. The molecule has 0 aromatic heterocycles. The van der Waals surface area contributed by atoms with Crippen LogP contribution in [0.2, 0.25) is 0 Å². The molecule has 25 heavy (non-hydrogen) atoms. The lowest BCUT2D eigenvalue weighted by molar-refractivity contribution is -0.127. The summed E-state index contributed by atoms with van der Waals surface area (Å²) >= 11 is 0. The molecule has 0 saturated carbocycles. The van der Waals surface area contributed by atoms with Crippen LogP contribution in [0.5, 0.6) is 0 Å². The summed E-state index contributed by atoms with van der Waals surface area (Å²) in [5, 5.41) is 2.69. The second kappa shape index (κ2) is 9.37. The molecule has 0 aliphatic heterocycles. The number of halogens is 1. The molecule has 0 spiro atoms. The van der Waals surface area contributed by atoms with Gasteiger partial charge in [0.25, 0.3) is 0 Å². The van der Waals surface area contributed by atoms with E-state index in [0.717, 1.165) is 5.56 Å². The molecule has 0 saturated heterocycles. The molecular formula is C20H21FN2O2. The predicted molar refractivity (Wildman–Crippen MR) is 96.0 cm³/mol. The minimum absolute atomic E-state index is 0.137. The van der Waals surface area contributed by atoms with Crippen molar-refractivity contribution in [1.82, 2.24) is 10.2 Å². The van der Waals surface area contributed by atoms with E-state index in [4.69, 9.17) is 0 Å². The van der Waals surface area contributed by atoms with Gasteiger partial charge in [-0.15, -0.1) is 0 Å². The highest BCUT2D eigenvalue weighted by Crippen LogP contribution is 2.08. The lowest BCUT2D eigenvalue weighted by Gasteiger charge is -2.21. The first-order valence-corrected chi connectivity index (χ1v) is 8.05. The Morgan fingerprint density at radius 3 is 2.56 bits per heavy atom. The molecule has 0 bridgehead atoms. The Bertz CT molecular complexity index is 744. The van der Waals surface area contributed by atoms with Crippen LogP contribution >= 0.6 is 0 Å². The van der Waals surface area contributed by atoms with Crippen molar-refractivity contribution in [1.29, 1.82) is 0 Å². The van der Waals surface area contributed by atoms with Crippen LogP contribution in [-0.2, 0) is 16.1 Å². The standard InChI is InChI=1S/C20H21FN2O2/c1-16(24)22-12-13-23(15-18-6-3-2-4-7-18)20(25)11-10-17-8-5-9-19(21)14-17/h2-11,14H,12-13,15H2,1H3,(H,22,24)/b11-10+. The number of hydrogen-bond donors (Lipinski definition) is 1. The first-order chi connectivity index (χ1) is 12.0. The Morgan fingerprint density at radius 2 is 1.88 bits per heavy atom. The minimum Gasteiger partial charge on any atom is -0.355 e. The van der Waals surface area contributed by atoms with Gasteiger partial charge in [-0.05, 0) is 29.3 Å². The highest BCUT2D eigenvalue weighted by molar-refractivity contribution is 5.91. The molecule has 2 amide bonds. The summed E-state index contributed by atoms with van der Waals surface area (Å²) in [5.41, 5.74) is 1.62. The molecule has 130 valence electrons. The van der Waals surface area contributed by atoms with E-state index in [1.807, 2.05) is 30.3 Å². The topological polar surface area (TPSA) is 49.4 Å². The van der Waals surface area contributed by atoms with E-state index < -0.39 is 0 Å². The van der Waals surface area contributed by atoms with Crippen LogP contribution < -0.4 is 5.32 Å². The molecule has 0 unspecified atom stereocenters. The second-order valence-electron chi connectivity index (χ2n) is 5.62. The van der Waals surface area contributed by atoms with E-state index in [1.165, 1.54) is 25.1 Å². The molecule has 0 radical (unpaired) electrons. The van der Waals surface area contributed by atoms with Gasteiger partial charge in [-0.25, -0.2) is 4.39 Å². The Morgan fingerprint density at radius 1 is 1.12 bits per heavy atom. The van der Waals surface area contributed by atoms with Crippen molar-refractivity contribution in [2.75, 3.05) is 13.1 Å². The highest BCUT2D eigenvalue weighted by Gasteiger charge is 2.11. The molecule has 2 rings (SSSR count). The smallest absolute Gasteiger partial charge is 0.246 e. The van der Waals surface area contributed by atoms with Crippen molar-refractivity contribution in [2.24, 2.45) is 0 Å². The first kappa shape index (κ1) is 18.4. The number of carbonyl (C=O) groups is 2.